The highest BCUT2D eigenvalue weighted by atomic mass is 35.5. The van der Waals surface area contributed by atoms with Gasteiger partial charge in [0.15, 0.2) is 0 Å². The van der Waals surface area contributed by atoms with Crippen LogP contribution in [0.5, 0.6) is 0 Å². The van der Waals surface area contributed by atoms with E-state index in [1.807, 2.05) is 27.1 Å². The van der Waals surface area contributed by atoms with Gasteiger partial charge in [0, 0.05) is 31.3 Å². The number of aryl methyl sites for hydroxylation is 2. The van der Waals surface area contributed by atoms with Crippen LogP contribution in [0.25, 0.3) is 0 Å². The zero-order chi connectivity index (χ0) is 13.1. The van der Waals surface area contributed by atoms with Crippen molar-refractivity contribution in [3.05, 3.63) is 17.5 Å². The van der Waals surface area contributed by atoms with Crippen LogP contribution in [0.3, 0.4) is 0 Å². The van der Waals surface area contributed by atoms with Crippen molar-refractivity contribution in [2.45, 2.75) is 45.2 Å². The Hall–Kier alpha value is -1.07. The SMILES string of the molecule is Cc1nn(C)cc1C(C)NC(=O)CC1CCCN1.Cl. The first-order chi connectivity index (χ1) is 8.56. The Bertz CT molecular complexity index is 426. The number of carbonyl (C=O) groups is 1. The largest absolute Gasteiger partial charge is 0.349 e. The van der Waals surface area contributed by atoms with Gasteiger partial charge in [-0.05, 0) is 33.2 Å². The Kier molecular flexibility index (Phi) is 5.82. The van der Waals surface area contributed by atoms with Crippen LogP contribution in [0.2, 0.25) is 0 Å². The minimum atomic E-state index is 0. The second-order valence-electron chi connectivity index (χ2n) is 5.13. The van der Waals surface area contributed by atoms with Crippen molar-refractivity contribution >= 4 is 18.3 Å². The maximum atomic E-state index is 11.9. The molecular formula is C13H23ClN4O. The molecule has 0 radical (unpaired) electrons. The van der Waals surface area contributed by atoms with Gasteiger partial charge in [-0.15, -0.1) is 12.4 Å². The van der Waals surface area contributed by atoms with Crippen LogP contribution in [0, 0.1) is 6.92 Å². The molecule has 2 rings (SSSR count). The molecule has 108 valence electrons. The van der Waals surface area contributed by atoms with E-state index in [1.165, 1.54) is 6.42 Å². The molecule has 1 saturated heterocycles. The van der Waals surface area contributed by atoms with Crippen LogP contribution in [-0.2, 0) is 11.8 Å². The van der Waals surface area contributed by atoms with Crippen LogP contribution < -0.4 is 10.6 Å². The molecule has 19 heavy (non-hydrogen) atoms. The van der Waals surface area contributed by atoms with Crippen molar-refractivity contribution in [1.82, 2.24) is 20.4 Å². The van der Waals surface area contributed by atoms with Gasteiger partial charge in [-0.25, -0.2) is 0 Å². The second kappa shape index (κ2) is 6.91. The van der Waals surface area contributed by atoms with Crippen molar-refractivity contribution in [3.63, 3.8) is 0 Å². The Morgan fingerprint density at radius 3 is 2.95 bits per heavy atom. The van der Waals surface area contributed by atoms with Gasteiger partial charge in [0.05, 0.1) is 11.7 Å². The van der Waals surface area contributed by atoms with Gasteiger partial charge in [0.1, 0.15) is 0 Å². The Labute approximate surface area is 120 Å². The lowest BCUT2D eigenvalue weighted by molar-refractivity contribution is -0.122. The number of nitrogens with zero attached hydrogens (tertiary/aromatic N) is 2. The molecule has 6 heteroatoms. The molecule has 2 unspecified atom stereocenters. The molecule has 2 N–H and O–H groups in total. The summed E-state index contributed by atoms with van der Waals surface area (Å²) in [7, 11) is 1.90. The second-order valence-corrected chi connectivity index (χ2v) is 5.13. The summed E-state index contributed by atoms with van der Waals surface area (Å²) in [6.07, 6.45) is 4.82. The molecule has 0 aromatic carbocycles. The summed E-state index contributed by atoms with van der Waals surface area (Å²) in [6.45, 7) is 5.01. The van der Waals surface area contributed by atoms with E-state index in [1.54, 1.807) is 4.68 Å². The molecule has 2 atom stereocenters. The van der Waals surface area contributed by atoms with E-state index >= 15 is 0 Å². The molecular weight excluding hydrogens is 264 g/mol. The predicted molar refractivity (Wildman–Crippen MR) is 77.4 cm³/mol. The third-order valence-electron chi connectivity index (χ3n) is 3.49. The molecule has 1 aliphatic heterocycles. The molecule has 1 aliphatic rings. The fraction of sp³-hybridized carbons (Fsp3) is 0.692. The van der Waals surface area contributed by atoms with E-state index < -0.39 is 0 Å². The highest BCUT2D eigenvalue weighted by molar-refractivity contribution is 5.85. The zero-order valence-electron chi connectivity index (χ0n) is 11.8. The summed E-state index contributed by atoms with van der Waals surface area (Å²) in [4.78, 5) is 11.9. The van der Waals surface area contributed by atoms with Crippen molar-refractivity contribution in [1.29, 1.82) is 0 Å². The molecule has 0 aliphatic carbocycles. The molecule has 1 fully saturated rings. The van der Waals surface area contributed by atoms with Crippen molar-refractivity contribution in [3.8, 4) is 0 Å². The number of nitrogens with one attached hydrogen (secondary N) is 2. The van der Waals surface area contributed by atoms with Gasteiger partial charge in [0.2, 0.25) is 5.91 Å². The smallest absolute Gasteiger partial charge is 0.222 e. The summed E-state index contributed by atoms with van der Waals surface area (Å²) in [5, 5.41) is 10.7. The lowest BCUT2D eigenvalue weighted by Crippen LogP contribution is -2.33. The summed E-state index contributed by atoms with van der Waals surface area (Å²) in [5.41, 5.74) is 2.06. The standard InChI is InChI=1S/C13H22N4O.ClH/c1-9(12-8-17(3)16-10(12)2)15-13(18)7-11-5-4-6-14-11;/h8-9,11,14H,4-7H2,1-3H3,(H,15,18);1H. The summed E-state index contributed by atoms with van der Waals surface area (Å²) in [5.74, 6) is 0.116. The van der Waals surface area contributed by atoms with Gasteiger partial charge in [-0.2, -0.15) is 5.10 Å². The van der Waals surface area contributed by atoms with Gasteiger partial charge in [-0.3, -0.25) is 9.48 Å². The number of carbonyl (C=O) groups excluding carboxylic acids is 1. The lowest BCUT2D eigenvalue weighted by atomic mass is 10.1. The number of hydrogen-bond donors (Lipinski definition) is 2. The Morgan fingerprint density at radius 2 is 2.42 bits per heavy atom. The van der Waals surface area contributed by atoms with E-state index in [9.17, 15) is 4.79 Å². The molecule has 1 amide bonds. The number of hydrogen-bond acceptors (Lipinski definition) is 3. The van der Waals surface area contributed by atoms with Gasteiger partial charge in [-0.1, -0.05) is 0 Å². The quantitative estimate of drug-likeness (QED) is 0.881. The van der Waals surface area contributed by atoms with E-state index in [0.29, 0.717) is 12.5 Å². The fourth-order valence-corrected chi connectivity index (χ4v) is 2.58. The summed E-state index contributed by atoms with van der Waals surface area (Å²) >= 11 is 0. The first-order valence-corrected chi connectivity index (χ1v) is 6.59. The molecule has 5 nitrogen and oxygen atoms in total. The van der Waals surface area contributed by atoms with Gasteiger partial charge >= 0.3 is 0 Å². The third kappa shape index (κ3) is 4.21. The molecule has 2 heterocycles. The van der Waals surface area contributed by atoms with Gasteiger partial charge < -0.3 is 10.6 Å². The average Bonchev–Trinajstić information content (AvgIpc) is 2.88. The minimum Gasteiger partial charge on any atom is -0.349 e. The maximum absolute atomic E-state index is 11.9. The van der Waals surface area contributed by atoms with Crippen LogP contribution in [-0.4, -0.2) is 28.3 Å². The third-order valence-corrected chi connectivity index (χ3v) is 3.49. The molecule has 0 spiro atoms. The Balaban J connectivity index is 0.00000180. The number of aromatic nitrogens is 2. The predicted octanol–water partition coefficient (Wildman–Crippen LogP) is 1.47. The maximum Gasteiger partial charge on any atom is 0.222 e. The fourth-order valence-electron chi connectivity index (χ4n) is 2.58. The topological polar surface area (TPSA) is 59.0 Å². The number of rotatable bonds is 4. The van der Waals surface area contributed by atoms with E-state index in [4.69, 9.17) is 0 Å². The van der Waals surface area contributed by atoms with Crippen LogP contribution in [0.1, 0.15) is 43.5 Å². The molecule has 1 aromatic heterocycles. The average molecular weight is 287 g/mol. The van der Waals surface area contributed by atoms with Crippen molar-refractivity contribution in [2.24, 2.45) is 7.05 Å². The minimum absolute atomic E-state index is 0. The van der Waals surface area contributed by atoms with E-state index in [0.717, 1.165) is 24.2 Å². The molecule has 0 saturated carbocycles. The Morgan fingerprint density at radius 1 is 1.68 bits per heavy atom. The van der Waals surface area contributed by atoms with E-state index in [-0.39, 0.29) is 24.4 Å². The van der Waals surface area contributed by atoms with Crippen LogP contribution in [0.15, 0.2) is 6.20 Å². The highest BCUT2D eigenvalue weighted by Crippen LogP contribution is 2.16. The molecule has 0 bridgehead atoms. The normalized spacial score (nSPS) is 19.8. The first kappa shape index (κ1) is 16.0. The monoisotopic (exact) mass is 286 g/mol. The van der Waals surface area contributed by atoms with Crippen molar-refractivity contribution < 1.29 is 4.79 Å². The molecule has 1 aromatic rings. The van der Waals surface area contributed by atoms with Crippen molar-refractivity contribution in [2.75, 3.05) is 6.54 Å². The number of amides is 1. The number of halogens is 1. The summed E-state index contributed by atoms with van der Waals surface area (Å²) < 4.78 is 1.78. The van der Waals surface area contributed by atoms with E-state index in [2.05, 4.69) is 15.7 Å². The van der Waals surface area contributed by atoms with Gasteiger partial charge in [0.25, 0.3) is 0 Å². The first-order valence-electron chi connectivity index (χ1n) is 6.59. The summed E-state index contributed by atoms with van der Waals surface area (Å²) in [6, 6.07) is 0.375. The highest BCUT2D eigenvalue weighted by Gasteiger charge is 2.20. The zero-order valence-corrected chi connectivity index (χ0v) is 12.6. The van der Waals surface area contributed by atoms with Crippen LogP contribution in [0.4, 0.5) is 0 Å². The lowest BCUT2D eigenvalue weighted by Gasteiger charge is -2.15. The van der Waals surface area contributed by atoms with Crippen LogP contribution >= 0.6 is 12.4 Å².